The molecule has 0 saturated carbocycles. The quantitative estimate of drug-likeness (QED) is 0.706. The summed E-state index contributed by atoms with van der Waals surface area (Å²) in [6.45, 7) is 3.43. The van der Waals surface area contributed by atoms with E-state index in [4.69, 9.17) is 0 Å². The van der Waals surface area contributed by atoms with Gasteiger partial charge >= 0.3 is 0 Å². The van der Waals surface area contributed by atoms with Crippen molar-refractivity contribution >= 4 is 10.9 Å². The zero-order valence-electron chi connectivity index (χ0n) is 11.5. The summed E-state index contributed by atoms with van der Waals surface area (Å²) in [5, 5.41) is 4.62. The van der Waals surface area contributed by atoms with E-state index in [0.29, 0.717) is 5.92 Å². The standard InChI is InChI=1S/C16H24N2/c1-3-13(8-6-7-11-17-2)15-12-18-16-10-5-4-9-14(15)16/h4-5,9-10,12-13,17-18H,3,6-8,11H2,1-2H3. The maximum Gasteiger partial charge on any atom is 0.0456 e. The van der Waals surface area contributed by atoms with E-state index in [1.54, 1.807) is 0 Å². The molecule has 0 aliphatic carbocycles. The van der Waals surface area contributed by atoms with Crippen molar-refractivity contribution in [3.8, 4) is 0 Å². The molecule has 0 fully saturated rings. The van der Waals surface area contributed by atoms with Crippen molar-refractivity contribution in [2.24, 2.45) is 0 Å². The van der Waals surface area contributed by atoms with Gasteiger partial charge in [0.15, 0.2) is 0 Å². The van der Waals surface area contributed by atoms with Crippen LogP contribution in [0.3, 0.4) is 0 Å². The number of benzene rings is 1. The highest BCUT2D eigenvalue weighted by Gasteiger charge is 2.13. The first-order valence-electron chi connectivity index (χ1n) is 7.07. The molecule has 1 atom stereocenters. The largest absolute Gasteiger partial charge is 0.361 e. The van der Waals surface area contributed by atoms with Crippen LogP contribution in [0, 0.1) is 0 Å². The third-order valence-corrected chi connectivity index (χ3v) is 3.78. The highest BCUT2D eigenvalue weighted by atomic mass is 14.8. The molecule has 2 aromatic rings. The molecule has 0 bridgehead atoms. The van der Waals surface area contributed by atoms with E-state index in [-0.39, 0.29) is 0 Å². The average molecular weight is 244 g/mol. The van der Waals surface area contributed by atoms with Gasteiger partial charge in [0.25, 0.3) is 0 Å². The maximum absolute atomic E-state index is 3.39. The third kappa shape index (κ3) is 2.94. The van der Waals surface area contributed by atoms with Crippen molar-refractivity contribution in [2.45, 2.75) is 38.5 Å². The maximum atomic E-state index is 3.39. The summed E-state index contributed by atoms with van der Waals surface area (Å²) in [6.07, 6.45) is 7.30. The van der Waals surface area contributed by atoms with E-state index in [2.05, 4.69) is 47.7 Å². The van der Waals surface area contributed by atoms with Crippen molar-refractivity contribution in [2.75, 3.05) is 13.6 Å². The molecule has 0 saturated heterocycles. The summed E-state index contributed by atoms with van der Waals surface area (Å²) in [7, 11) is 2.02. The lowest BCUT2D eigenvalue weighted by atomic mass is 9.91. The van der Waals surface area contributed by atoms with Gasteiger partial charge in [0.05, 0.1) is 0 Å². The van der Waals surface area contributed by atoms with Gasteiger partial charge in [-0.05, 0) is 50.4 Å². The molecule has 0 aliphatic rings. The van der Waals surface area contributed by atoms with Crippen LogP contribution in [0.25, 0.3) is 10.9 Å². The molecule has 1 heterocycles. The summed E-state index contributed by atoms with van der Waals surface area (Å²) in [4.78, 5) is 3.39. The number of nitrogens with one attached hydrogen (secondary N) is 2. The Kier molecular flexibility index (Phi) is 4.82. The molecule has 0 amide bonds. The van der Waals surface area contributed by atoms with Crippen molar-refractivity contribution in [1.29, 1.82) is 0 Å². The van der Waals surface area contributed by atoms with Gasteiger partial charge in [-0.2, -0.15) is 0 Å². The molecular weight excluding hydrogens is 220 g/mol. The van der Waals surface area contributed by atoms with Crippen LogP contribution in [0.15, 0.2) is 30.5 Å². The third-order valence-electron chi connectivity index (χ3n) is 3.78. The number of rotatable bonds is 7. The fourth-order valence-corrected chi connectivity index (χ4v) is 2.70. The molecular formula is C16H24N2. The van der Waals surface area contributed by atoms with Crippen LogP contribution in [0.5, 0.6) is 0 Å². The number of fused-ring (bicyclic) bond motifs is 1. The highest BCUT2D eigenvalue weighted by Crippen LogP contribution is 2.31. The summed E-state index contributed by atoms with van der Waals surface area (Å²) < 4.78 is 0. The second-order valence-electron chi connectivity index (χ2n) is 4.99. The fourth-order valence-electron chi connectivity index (χ4n) is 2.70. The molecule has 1 unspecified atom stereocenters. The molecule has 18 heavy (non-hydrogen) atoms. The van der Waals surface area contributed by atoms with E-state index in [1.165, 1.54) is 42.1 Å². The molecule has 2 heteroatoms. The minimum absolute atomic E-state index is 0.693. The first-order chi connectivity index (χ1) is 8.86. The lowest BCUT2D eigenvalue weighted by molar-refractivity contribution is 0.551. The molecule has 98 valence electrons. The second kappa shape index (κ2) is 6.60. The lowest BCUT2D eigenvalue weighted by Crippen LogP contribution is -2.07. The first-order valence-corrected chi connectivity index (χ1v) is 7.07. The van der Waals surface area contributed by atoms with E-state index in [1.807, 2.05) is 7.05 Å². The van der Waals surface area contributed by atoms with Crippen LogP contribution in [0.2, 0.25) is 0 Å². The predicted molar refractivity (Wildman–Crippen MR) is 79.1 cm³/mol. The minimum atomic E-state index is 0.693. The number of aromatic nitrogens is 1. The first kappa shape index (κ1) is 13.2. The topological polar surface area (TPSA) is 27.8 Å². The minimum Gasteiger partial charge on any atom is -0.361 e. The van der Waals surface area contributed by atoms with Gasteiger partial charge in [0.2, 0.25) is 0 Å². The Morgan fingerprint density at radius 3 is 2.83 bits per heavy atom. The lowest BCUT2D eigenvalue weighted by Gasteiger charge is -2.14. The number of para-hydroxylation sites is 1. The Labute approximate surface area is 110 Å². The van der Waals surface area contributed by atoms with E-state index < -0.39 is 0 Å². The Morgan fingerprint density at radius 2 is 2.06 bits per heavy atom. The molecule has 0 spiro atoms. The van der Waals surface area contributed by atoms with Crippen molar-refractivity contribution in [3.63, 3.8) is 0 Å². The van der Waals surface area contributed by atoms with Gasteiger partial charge < -0.3 is 10.3 Å². The molecule has 2 rings (SSSR count). The number of aromatic amines is 1. The van der Waals surface area contributed by atoms with Crippen LogP contribution in [-0.2, 0) is 0 Å². The summed E-state index contributed by atoms with van der Waals surface area (Å²) in [5.41, 5.74) is 2.76. The normalized spacial score (nSPS) is 13.0. The zero-order chi connectivity index (χ0) is 12.8. The number of unbranched alkanes of at least 4 members (excludes halogenated alkanes) is 1. The molecule has 2 nitrogen and oxygen atoms in total. The highest BCUT2D eigenvalue weighted by molar-refractivity contribution is 5.83. The van der Waals surface area contributed by atoms with E-state index in [9.17, 15) is 0 Å². The van der Waals surface area contributed by atoms with Gasteiger partial charge in [-0.1, -0.05) is 31.5 Å². The smallest absolute Gasteiger partial charge is 0.0456 e. The van der Waals surface area contributed by atoms with Gasteiger partial charge in [-0.3, -0.25) is 0 Å². The Bertz CT molecular complexity index is 473. The summed E-state index contributed by atoms with van der Waals surface area (Å²) in [6, 6.07) is 8.62. The Hall–Kier alpha value is -1.28. The molecule has 0 radical (unpaired) electrons. The monoisotopic (exact) mass is 244 g/mol. The van der Waals surface area contributed by atoms with Crippen molar-refractivity contribution < 1.29 is 0 Å². The molecule has 0 aliphatic heterocycles. The van der Waals surface area contributed by atoms with E-state index >= 15 is 0 Å². The van der Waals surface area contributed by atoms with Crippen LogP contribution >= 0.6 is 0 Å². The van der Waals surface area contributed by atoms with Gasteiger partial charge in [0, 0.05) is 17.1 Å². The molecule has 1 aromatic carbocycles. The van der Waals surface area contributed by atoms with Gasteiger partial charge in [-0.15, -0.1) is 0 Å². The fraction of sp³-hybridized carbons (Fsp3) is 0.500. The van der Waals surface area contributed by atoms with Crippen LogP contribution in [-0.4, -0.2) is 18.6 Å². The molecule has 1 aromatic heterocycles. The summed E-state index contributed by atoms with van der Waals surface area (Å²) >= 11 is 0. The van der Waals surface area contributed by atoms with Crippen LogP contribution < -0.4 is 5.32 Å². The SMILES string of the molecule is CCC(CCCCNC)c1c[nH]c2ccccc12. The van der Waals surface area contributed by atoms with Crippen LogP contribution in [0.4, 0.5) is 0 Å². The van der Waals surface area contributed by atoms with Gasteiger partial charge in [-0.25, -0.2) is 0 Å². The van der Waals surface area contributed by atoms with Gasteiger partial charge in [0.1, 0.15) is 0 Å². The summed E-state index contributed by atoms with van der Waals surface area (Å²) in [5.74, 6) is 0.693. The average Bonchev–Trinajstić information content (AvgIpc) is 2.83. The zero-order valence-corrected chi connectivity index (χ0v) is 11.5. The second-order valence-corrected chi connectivity index (χ2v) is 4.99. The van der Waals surface area contributed by atoms with Crippen molar-refractivity contribution in [1.82, 2.24) is 10.3 Å². The van der Waals surface area contributed by atoms with Crippen molar-refractivity contribution in [3.05, 3.63) is 36.0 Å². The Balaban J connectivity index is 2.07. The van der Waals surface area contributed by atoms with Crippen LogP contribution in [0.1, 0.15) is 44.1 Å². The predicted octanol–water partition coefficient (Wildman–Crippen LogP) is 4.05. The Morgan fingerprint density at radius 1 is 1.22 bits per heavy atom. The number of hydrogen-bond acceptors (Lipinski definition) is 1. The number of H-pyrrole nitrogens is 1. The number of hydrogen-bond donors (Lipinski definition) is 2. The van der Waals surface area contributed by atoms with E-state index in [0.717, 1.165) is 6.54 Å². The molecule has 2 N–H and O–H groups in total.